The molecule has 0 spiro atoms. The van der Waals surface area contributed by atoms with Crippen LogP contribution in [-0.2, 0) is 13.6 Å². The molecule has 1 atom stereocenters. The number of carbonyl (C=O) groups excluding carboxylic acids is 1. The van der Waals surface area contributed by atoms with Crippen LogP contribution in [0.3, 0.4) is 0 Å². The minimum atomic E-state index is -0.118. The molecule has 8 nitrogen and oxygen atoms in total. The lowest BCUT2D eigenvalue weighted by Gasteiger charge is -2.26. The van der Waals surface area contributed by atoms with E-state index in [0.29, 0.717) is 18.9 Å². The number of benzene rings is 1. The van der Waals surface area contributed by atoms with Gasteiger partial charge in [0.25, 0.3) is 0 Å². The van der Waals surface area contributed by atoms with Crippen molar-refractivity contribution in [3.05, 3.63) is 35.9 Å². The number of amides is 2. The molecule has 0 unspecified atom stereocenters. The summed E-state index contributed by atoms with van der Waals surface area (Å²) >= 11 is 0. The van der Waals surface area contributed by atoms with E-state index < -0.39 is 0 Å². The molecule has 1 aliphatic heterocycles. The largest absolute Gasteiger partial charge is 0.497 e. The van der Waals surface area contributed by atoms with Crippen LogP contribution >= 0.6 is 0 Å². The molecule has 0 aliphatic carbocycles. The van der Waals surface area contributed by atoms with Crippen molar-refractivity contribution in [2.24, 2.45) is 7.05 Å². The summed E-state index contributed by atoms with van der Waals surface area (Å²) < 4.78 is 12.4. The highest BCUT2D eigenvalue weighted by Gasteiger charge is 2.32. The summed E-state index contributed by atoms with van der Waals surface area (Å²) in [4.78, 5) is 18.6. The second kappa shape index (κ2) is 7.42. The Labute approximate surface area is 146 Å². The molecule has 2 aromatic rings. The highest BCUT2D eigenvalue weighted by Crippen LogP contribution is 2.38. The number of urea groups is 1. The average molecular weight is 345 g/mol. The van der Waals surface area contributed by atoms with Gasteiger partial charge < -0.3 is 19.7 Å². The summed E-state index contributed by atoms with van der Waals surface area (Å²) in [6.45, 7) is 1.02. The van der Waals surface area contributed by atoms with Crippen LogP contribution in [0.2, 0.25) is 0 Å². The van der Waals surface area contributed by atoms with Crippen molar-refractivity contribution < 1.29 is 14.3 Å². The van der Waals surface area contributed by atoms with Gasteiger partial charge in [0.15, 0.2) is 5.82 Å². The van der Waals surface area contributed by atoms with Crippen molar-refractivity contribution in [3.8, 4) is 11.5 Å². The first kappa shape index (κ1) is 17.1. The Morgan fingerprint density at radius 2 is 2.20 bits per heavy atom. The Morgan fingerprint density at radius 1 is 1.36 bits per heavy atom. The summed E-state index contributed by atoms with van der Waals surface area (Å²) in [7, 11) is 5.05. The van der Waals surface area contributed by atoms with Gasteiger partial charge >= 0.3 is 6.03 Å². The van der Waals surface area contributed by atoms with Crippen LogP contribution in [0, 0.1) is 0 Å². The first-order valence-electron chi connectivity index (χ1n) is 8.23. The van der Waals surface area contributed by atoms with Crippen LogP contribution in [0.15, 0.2) is 24.5 Å². The predicted molar refractivity (Wildman–Crippen MR) is 91.5 cm³/mol. The molecule has 134 valence electrons. The van der Waals surface area contributed by atoms with E-state index in [1.807, 2.05) is 23.1 Å². The molecule has 0 radical (unpaired) electrons. The van der Waals surface area contributed by atoms with E-state index in [1.165, 1.54) is 0 Å². The first-order chi connectivity index (χ1) is 12.1. The first-order valence-corrected chi connectivity index (χ1v) is 8.23. The van der Waals surface area contributed by atoms with Crippen molar-refractivity contribution in [1.29, 1.82) is 0 Å². The molecule has 1 aliphatic rings. The lowest BCUT2D eigenvalue weighted by molar-refractivity contribution is 0.191. The molecule has 2 heterocycles. The third kappa shape index (κ3) is 3.67. The molecule has 1 fully saturated rings. The van der Waals surface area contributed by atoms with Crippen LogP contribution in [0.4, 0.5) is 4.79 Å². The molecule has 1 N–H and O–H groups in total. The van der Waals surface area contributed by atoms with E-state index in [4.69, 9.17) is 9.47 Å². The minimum Gasteiger partial charge on any atom is -0.497 e. The molecule has 0 bridgehead atoms. The zero-order chi connectivity index (χ0) is 17.8. The van der Waals surface area contributed by atoms with Crippen LogP contribution in [0.5, 0.6) is 11.5 Å². The van der Waals surface area contributed by atoms with Gasteiger partial charge in [0.2, 0.25) is 0 Å². The monoisotopic (exact) mass is 345 g/mol. The summed E-state index contributed by atoms with van der Waals surface area (Å²) in [6.07, 6.45) is 3.47. The molecular weight excluding hydrogens is 322 g/mol. The average Bonchev–Trinajstić information content (AvgIpc) is 3.28. The summed E-state index contributed by atoms with van der Waals surface area (Å²) in [6, 6.07) is 5.57. The van der Waals surface area contributed by atoms with E-state index in [9.17, 15) is 4.79 Å². The molecule has 3 rings (SSSR count). The number of aromatic nitrogens is 3. The number of hydrogen-bond donors (Lipinski definition) is 1. The second-order valence-corrected chi connectivity index (χ2v) is 5.95. The van der Waals surface area contributed by atoms with Crippen molar-refractivity contribution in [2.45, 2.75) is 25.4 Å². The minimum absolute atomic E-state index is 0.0162. The maximum Gasteiger partial charge on any atom is 0.318 e. The number of methoxy groups -OCH3 is 2. The van der Waals surface area contributed by atoms with E-state index in [2.05, 4.69) is 15.4 Å². The smallest absolute Gasteiger partial charge is 0.318 e. The summed E-state index contributed by atoms with van der Waals surface area (Å²) in [5.74, 6) is 2.06. The number of hydrogen-bond acceptors (Lipinski definition) is 5. The Bertz CT molecular complexity index is 746. The van der Waals surface area contributed by atoms with Gasteiger partial charge in [0.1, 0.15) is 17.8 Å². The van der Waals surface area contributed by atoms with Crippen LogP contribution < -0.4 is 14.8 Å². The van der Waals surface area contributed by atoms with Crippen molar-refractivity contribution >= 4 is 6.03 Å². The van der Waals surface area contributed by atoms with E-state index in [1.54, 1.807) is 32.3 Å². The highest BCUT2D eigenvalue weighted by atomic mass is 16.5. The quantitative estimate of drug-likeness (QED) is 0.895. The van der Waals surface area contributed by atoms with Crippen molar-refractivity contribution in [3.63, 3.8) is 0 Å². The standard InChI is InChI=1S/C17H23N5O3/c1-21-11-19-16(20-21)10-18-17(23)22-8-4-5-14(22)13-7-6-12(24-2)9-15(13)25-3/h6-7,9,11,14H,4-5,8,10H2,1-3H3,(H,18,23)/t14-/m1/s1. The van der Waals surface area contributed by atoms with Gasteiger partial charge in [-0.2, -0.15) is 5.10 Å². The fourth-order valence-corrected chi connectivity index (χ4v) is 3.15. The number of ether oxygens (including phenoxy) is 2. The van der Waals surface area contributed by atoms with Gasteiger partial charge in [0, 0.05) is 25.2 Å². The van der Waals surface area contributed by atoms with Gasteiger partial charge in [-0.3, -0.25) is 4.68 Å². The molecule has 8 heteroatoms. The lowest BCUT2D eigenvalue weighted by atomic mass is 10.0. The van der Waals surface area contributed by atoms with Crippen LogP contribution in [-0.4, -0.2) is 46.5 Å². The van der Waals surface area contributed by atoms with Gasteiger partial charge in [0.05, 0.1) is 26.8 Å². The van der Waals surface area contributed by atoms with Crippen molar-refractivity contribution in [2.75, 3.05) is 20.8 Å². The Morgan fingerprint density at radius 3 is 2.88 bits per heavy atom. The van der Waals surface area contributed by atoms with E-state index in [-0.39, 0.29) is 12.1 Å². The molecule has 25 heavy (non-hydrogen) atoms. The molecule has 1 saturated heterocycles. The Balaban J connectivity index is 1.72. The highest BCUT2D eigenvalue weighted by molar-refractivity contribution is 5.75. The lowest BCUT2D eigenvalue weighted by Crippen LogP contribution is -2.39. The van der Waals surface area contributed by atoms with Gasteiger partial charge in [-0.05, 0) is 25.0 Å². The molecule has 2 amide bonds. The second-order valence-electron chi connectivity index (χ2n) is 5.95. The van der Waals surface area contributed by atoms with Gasteiger partial charge in [-0.15, -0.1) is 0 Å². The maximum absolute atomic E-state index is 12.6. The van der Waals surface area contributed by atoms with Crippen molar-refractivity contribution in [1.82, 2.24) is 25.0 Å². The molecule has 0 saturated carbocycles. The van der Waals surface area contributed by atoms with Gasteiger partial charge in [-0.1, -0.05) is 0 Å². The topological polar surface area (TPSA) is 81.5 Å². The number of likely N-dealkylation sites (tertiary alicyclic amines) is 1. The zero-order valence-electron chi connectivity index (χ0n) is 14.7. The normalized spacial score (nSPS) is 16.8. The molecule has 1 aromatic heterocycles. The number of nitrogens with one attached hydrogen (secondary N) is 1. The molecule has 1 aromatic carbocycles. The number of rotatable bonds is 5. The fourth-order valence-electron chi connectivity index (χ4n) is 3.15. The fraction of sp³-hybridized carbons (Fsp3) is 0.471. The Hall–Kier alpha value is -2.77. The summed E-state index contributed by atoms with van der Waals surface area (Å²) in [5, 5.41) is 7.07. The predicted octanol–water partition coefficient (Wildman–Crippen LogP) is 1.88. The Kier molecular flexibility index (Phi) is 5.06. The maximum atomic E-state index is 12.6. The molecular formula is C17H23N5O3. The number of carbonyl (C=O) groups is 1. The number of aryl methyl sites for hydroxylation is 1. The van der Waals surface area contributed by atoms with E-state index in [0.717, 1.165) is 29.9 Å². The SMILES string of the molecule is COc1ccc([C@H]2CCCN2C(=O)NCc2ncn(C)n2)c(OC)c1. The zero-order valence-corrected chi connectivity index (χ0v) is 14.7. The number of nitrogens with zero attached hydrogens (tertiary/aromatic N) is 4. The van der Waals surface area contributed by atoms with Crippen LogP contribution in [0.1, 0.15) is 30.3 Å². The van der Waals surface area contributed by atoms with Crippen LogP contribution in [0.25, 0.3) is 0 Å². The third-order valence-corrected chi connectivity index (χ3v) is 4.36. The van der Waals surface area contributed by atoms with E-state index >= 15 is 0 Å². The third-order valence-electron chi connectivity index (χ3n) is 4.36. The van der Waals surface area contributed by atoms with Gasteiger partial charge in [-0.25, -0.2) is 9.78 Å². The summed E-state index contributed by atoms with van der Waals surface area (Å²) in [5.41, 5.74) is 0.993.